The molecular formula is C13H20N2O3. The van der Waals surface area contributed by atoms with Gasteiger partial charge < -0.3 is 15.1 Å². The van der Waals surface area contributed by atoms with E-state index in [-0.39, 0.29) is 24.4 Å². The fourth-order valence-corrected chi connectivity index (χ4v) is 1.35. The Morgan fingerprint density at radius 1 is 1.33 bits per heavy atom. The summed E-state index contributed by atoms with van der Waals surface area (Å²) in [6.45, 7) is 7.19. The number of hydrogen-bond acceptors (Lipinski definition) is 3. The second kappa shape index (κ2) is 5.71. The largest absolute Gasteiger partial charge is 0.467 e. The molecule has 0 aliphatic carbocycles. The minimum Gasteiger partial charge on any atom is -0.467 e. The van der Waals surface area contributed by atoms with Crippen molar-refractivity contribution in [1.82, 2.24) is 10.6 Å². The van der Waals surface area contributed by atoms with Gasteiger partial charge in [0.15, 0.2) is 0 Å². The van der Waals surface area contributed by atoms with Gasteiger partial charge in [-0.05, 0) is 39.8 Å². The van der Waals surface area contributed by atoms with Crippen molar-refractivity contribution in [3.8, 4) is 0 Å². The van der Waals surface area contributed by atoms with Crippen LogP contribution >= 0.6 is 0 Å². The fraction of sp³-hybridized carbons (Fsp3) is 0.538. The number of rotatable bonds is 5. The first kappa shape index (κ1) is 14.3. The minimum atomic E-state index is -1.10. The lowest BCUT2D eigenvalue weighted by molar-refractivity contribution is -0.141. The highest BCUT2D eigenvalue weighted by Crippen LogP contribution is 2.16. The van der Waals surface area contributed by atoms with Gasteiger partial charge in [-0.25, -0.2) is 0 Å². The zero-order chi connectivity index (χ0) is 13.8. The summed E-state index contributed by atoms with van der Waals surface area (Å²) >= 11 is 0. The van der Waals surface area contributed by atoms with Crippen molar-refractivity contribution in [2.24, 2.45) is 5.41 Å². The van der Waals surface area contributed by atoms with E-state index in [2.05, 4.69) is 10.6 Å². The molecule has 0 saturated carbocycles. The van der Waals surface area contributed by atoms with Crippen LogP contribution in [0, 0.1) is 5.41 Å². The molecule has 0 radical (unpaired) electrons. The van der Waals surface area contributed by atoms with Gasteiger partial charge in [0.05, 0.1) is 12.8 Å². The summed E-state index contributed by atoms with van der Waals surface area (Å²) in [7, 11) is 0. The molecule has 1 aromatic rings. The summed E-state index contributed by atoms with van der Waals surface area (Å²) < 4.78 is 5.11. The first-order chi connectivity index (χ1) is 8.34. The van der Waals surface area contributed by atoms with Gasteiger partial charge in [0.25, 0.3) is 0 Å². The Morgan fingerprint density at radius 3 is 2.50 bits per heavy atom. The van der Waals surface area contributed by atoms with Gasteiger partial charge >= 0.3 is 0 Å². The smallest absolute Gasteiger partial charge is 0.235 e. The number of furan rings is 1. The van der Waals surface area contributed by atoms with Crippen molar-refractivity contribution in [2.45, 2.75) is 40.3 Å². The van der Waals surface area contributed by atoms with E-state index in [0.29, 0.717) is 5.76 Å². The van der Waals surface area contributed by atoms with Crippen LogP contribution in [-0.4, -0.2) is 17.9 Å². The lowest BCUT2D eigenvalue weighted by Crippen LogP contribution is -2.49. The van der Waals surface area contributed by atoms with Crippen LogP contribution in [0.5, 0.6) is 0 Å². The number of carbonyl (C=O) groups excluding carboxylic acids is 2. The first-order valence-corrected chi connectivity index (χ1v) is 5.95. The Bertz CT molecular complexity index is 408. The van der Waals surface area contributed by atoms with Crippen molar-refractivity contribution < 1.29 is 14.0 Å². The molecule has 0 unspecified atom stereocenters. The highest BCUT2D eigenvalue weighted by atomic mass is 16.3. The second-order valence-electron chi connectivity index (χ2n) is 5.02. The quantitative estimate of drug-likeness (QED) is 0.779. The average molecular weight is 252 g/mol. The third-order valence-electron chi connectivity index (χ3n) is 2.56. The molecule has 5 heteroatoms. The molecule has 5 nitrogen and oxygen atoms in total. The van der Waals surface area contributed by atoms with E-state index in [1.165, 1.54) is 6.26 Å². The molecule has 18 heavy (non-hydrogen) atoms. The van der Waals surface area contributed by atoms with Gasteiger partial charge in [-0.2, -0.15) is 0 Å². The highest BCUT2D eigenvalue weighted by molar-refractivity contribution is 6.04. The van der Waals surface area contributed by atoms with E-state index < -0.39 is 5.41 Å². The van der Waals surface area contributed by atoms with E-state index in [0.717, 1.165) is 0 Å². The normalized spacial score (nSPS) is 11.4. The van der Waals surface area contributed by atoms with Crippen LogP contribution < -0.4 is 10.6 Å². The lowest BCUT2D eigenvalue weighted by Gasteiger charge is -2.23. The minimum absolute atomic E-state index is 0.00893. The van der Waals surface area contributed by atoms with Gasteiger partial charge in [0, 0.05) is 6.04 Å². The molecule has 0 aliphatic rings. The summed E-state index contributed by atoms with van der Waals surface area (Å²) in [4.78, 5) is 23.9. The first-order valence-electron chi connectivity index (χ1n) is 5.95. The third kappa shape index (κ3) is 3.61. The molecule has 1 aromatic heterocycles. The maximum absolute atomic E-state index is 12.0. The maximum Gasteiger partial charge on any atom is 0.235 e. The summed E-state index contributed by atoms with van der Waals surface area (Å²) in [5.41, 5.74) is -1.10. The van der Waals surface area contributed by atoms with Crippen molar-refractivity contribution in [3.05, 3.63) is 24.2 Å². The third-order valence-corrected chi connectivity index (χ3v) is 2.56. The summed E-state index contributed by atoms with van der Waals surface area (Å²) in [6.07, 6.45) is 1.54. The highest BCUT2D eigenvalue weighted by Gasteiger charge is 2.36. The second-order valence-corrected chi connectivity index (χ2v) is 5.02. The van der Waals surface area contributed by atoms with Gasteiger partial charge in [-0.1, -0.05) is 0 Å². The summed E-state index contributed by atoms with van der Waals surface area (Å²) in [5.74, 6) is 0.0508. The van der Waals surface area contributed by atoms with Crippen LogP contribution in [0.15, 0.2) is 22.8 Å². The van der Waals surface area contributed by atoms with Crippen LogP contribution in [0.4, 0.5) is 0 Å². The Hall–Kier alpha value is -1.78. The Labute approximate surface area is 107 Å². The molecule has 0 bridgehead atoms. The molecule has 1 rings (SSSR count). The molecule has 0 aliphatic heterocycles. The van der Waals surface area contributed by atoms with Gasteiger partial charge in [-0.3, -0.25) is 9.59 Å². The Kier molecular flexibility index (Phi) is 4.53. The molecule has 0 atom stereocenters. The Morgan fingerprint density at radius 2 is 2.00 bits per heavy atom. The van der Waals surface area contributed by atoms with E-state index in [9.17, 15) is 9.59 Å². The summed E-state index contributed by atoms with van der Waals surface area (Å²) in [6, 6.07) is 3.52. The van der Waals surface area contributed by atoms with E-state index in [4.69, 9.17) is 4.42 Å². The number of nitrogens with one attached hydrogen (secondary N) is 2. The molecule has 2 N–H and O–H groups in total. The molecule has 1 heterocycles. The van der Waals surface area contributed by atoms with Crippen molar-refractivity contribution >= 4 is 11.8 Å². The van der Waals surface area contributed by atoms with Gasteiger partial charge in [0.1, 0.15) is 11.2 Å². The zero-order valence-corrected chi connectivity index (χ0v) is 11.2. The standard InChI is InChI=1S/C13H20N2O3/c1-9(2)15-12(17)13(3,4)11(16)14-8-10-6-5-7-18-10/h5-7,9H,8H2,1-4H3,(H,14,16)(H,15,17). The van der Waals surface area contributed by atoms with Gasteiger partial charge in [0.2, 0.25) is 11.8 Å². The molecule has 0 aromatic carbocycles. The lowest BCUT2D eigenvalue weighted by atomic mass is 9.90. The number of hydrogen-bond donors (Lipinski definition) is 2. The van der Waals surface area contributed by atoms with Crippen molar-refractivity contribution in [2.75, 3.05) is 0 Å². The van der Waals surface area contributed by atoms with Crippen LogP contribution in [0.1, 0.15) is 33.5 Å². The SMILES string of the molecule is CC(C)NC(=O)C(C)(C)C(=O)NCc1ccco1. The van der Waals surface area contributed by atoms with Crippen molar-refractivity contribution in [3.63, 3.8) is 0 Å². The molecule has 0 spiro atoms. The van der Waals surface area contributed by atoms with Crippen LogP contribution in [0.3, 0.4) is 0 Å². The topological polar surface area (TPSA) is 71.3 Å². The van der Waals surface area contributed by atoms with Crippen LogP contribution in [-0.2, 0) is 16.1 Å². The molecular weight excluding hydrogens is 232 g/mol. The Balaban J connectivity index is 2.56. The number of carbonyl (C=O) groups is 2. The predicted molar refractivity (Wildman–Crippen MR) is 67.6 cm³/mol. The molecule has 2 amide bonds. The van der Waals surface area contributed by atoms with E-state index in [1.54, 1.807) is 26.0 Å². The zero-order valence-electron chi connectivity index (χ0n) is 11.2. The van der Waals surface area contributed by atoms with E-state index >= 15 is 0 Å². The van der Waals surface area contributed by atoms with Crippen LogP contribution in [0.25, 0.3) is 0 Å². The summed E-state index contributed by atoms with van der Waals surface area (Å²) in [5, 5.41) is 5.42. The monoisotopic (exact) mass is 252 g/mol. The molecule has 0 saturated heterocycles. The average Bonchev–Trinajstić information content (AvgIpc) is 2.77. The van der Waals surface area contributed by atoms with E-state index in [1.807, 2.05) is 13.8 Å². The van der Waals surface area contributed by atoms with Crippen LogP contribution in [0.2, 0.25) is 0 Å². The maximum atomic E-state index is 12.0. The predicted octanol–water partition coefficient (Wildman–Crippen LogP) is 1.45. The molecule has 0 fully saturated rings. The van der Waals surface area contributed by atoms with Crippen molar-refractivity contribution in [1.29, 1.82) is 0 Å². The fourth-order valence-electron chi connectivity index (χ4n) is 1.35. The number of amides is 2. The van der Waals surface area contributed by atoms with Gasteiger partial charge in [-0.15, -0.1) is 0 Å². The molecule has 100 valence electrons.